The first-order valence-corrected chi connectivity index (χ1v) is 12.9. The van der Waals surface area contributed by atoms with Crippen molar-refractivity contribution in [1.82, 2.24) is 5.32 Å². The summed E-state index contributed by atoms with van der Waals surface area (Å²) in [6.45, 7) is 1.72. The Morgan fingerprint density at radius 2 is 1.58 bits per heavy atom. The molecule has 3 aromatic rings. The van der Waals surface area contributed by atoms with Crippen LogP contribution in [0.5, 0.6) is 0 Å². The Labute approximate surface area is 226 Å². The number of nitrogens with one attached hydrogen (secondary N) is 2. The molecule has 38 heavy (non-hydrogen) atoms. The van der Waals surface area contributed by atoms with Crippen molar-refractivity contribution >= 4 is 33.3 Å². The van der Waals surface area contributed by atoms with E-state index < -0.39 is 23.6 Å². The third-order valence-corrected chi connectivity index (χ3v) is 7.56. The van der Waals surface area contributed by atoms with Crippen molar-refractivity contribution in [3.8, 4) is 0 Å². The maximum Gasteiger partial charge on any atom is 0.418 e. The lowest BCUT2D eigenvalue weighted by molar-refractivity contribution is -0.137. The van der Waals surface area contributed by atoms with Crippen LogP contribution in [0.1, 0.15) is 48.3 Å². The van der Waals surface area contributed by atoms with E-state index in [4.69, 9.17) is 0 Å². The maximum absolute atomic E-state index is 13.7. The van der Waals surface area contributed by atoms with Crippen molar-refractivity contribution in [2.45, 2.75) is 37.8 Å². The number of hydrogen-bond acceptors (Lipinski definition) is 3. The number of carbonyl (C=O) groups is 2. The van der Waals surface area contributed by atoms with Gasteiger partial charge in [-0.2, -0.15) is 13.2 Å². The number of benzene rings is 3. The SMILES string of the molecule is CC1=C(C(=O)Nc2ccccc2C(F)(F)F)[C@H](c2ccc(Br)cc2)C2=C(C[C@@H](c3ccccc3)CC2=O)N1. The van der Waals surface area contributed by atoms with Crippen molar-refractivity contribution in [3.05, 3.63) is 123 Å². The number of ketones is 1. The first-order chi connectivity index (χ1) is 18.1. The molecule has 8 heteroatoms. The quantitative estimate of drug-likeness (QED) is 0.336. The summed E-state index contributed by atoms with van der Waals surface area (Å²) < 4.78 is 41.7. The van der Waals surface area contributed by atoms with Gasteiger partial charge in [0, 0.05) is 39.4 Å². The van der Waals surface area contributed by atoms with E-state index in [9.17, 15) is 22.8 Å². The van der Waals surface area contributed by atoms with Crippen molar-refractivity contribution in [2.24, 2.45) is 0 Å². The second-order valence-corrected chi connectivity index (χ2v) is 10.4. The van der Waals surface area contributed by atoms with E-state index in [1.54, 1.807) is 6.92 Å². The van der Waals surface area contributed by atoms with E-state index in [-0.39, 0.29) is 29.4 Å². The minimum atomic E-state index is -4.63. The molecule has 0 saturated carbocycles. The Balaban J connectivity index is 1.57. The lowest BCUT2D eigenvalue weighted by atomic mass is 9.71. The molecule has 1 aliphatic carbocycles. The van der Waals surface area contributed by atoms with Crippen LogP contribution in [0.25, 0.3) is 0 Å². The Bertz CT molecular complexity index is 1460. The minimum absolute atomic E-state index is 0.0117. The second-order valence-electron chi connectivity index (χ2n) is 9.48. The molecule has 0 spiro atoms. The molecular weight excluding hydrogens is 557 g/mol. The van der Waals surface area contributed by atoms with E-state index in [2.05, 4.69) is 26.6 Å². The van der Waals surface area contributed by atoms with Gasteiger partial charge in [0.2, 0.25) is 0 Å². The normalized spacial score (nSPS) is 19.7. The van der Waals surface area contributed by atoms with Crippen LogP contribution in [-0.2, 0) is 15.8 Å². The van der Waals surface area contributed by atoms with Crippen LogP contribution in [0.4, 0.5) is 18.9 Å². The van der Waals surface area contributed by atoms with Crippen LogP contribution in [-0.4, -0.2) is 11.7 Å². The highest BCUT2D eigenvalue weighted by atomic mass is 79.9. The number of halogens is 4. The van der Waals surface area contributed by atoms with Crippen LogP contribution in [0.3, 0.4) is 0 Å². The number of carbonyl (C=O) groups excluding carboxylic acids is 2. The number of dihydropyridines is 1. The molecule has 2 atom stereocenters. The number of Topliss-reactive ketones (excluding diaryl/α,β-unsaturated/α-hetero) is 1. The average Bonchev–Trinajstić information content (AvgIpc) is 2.88. The Kier molecular flexibility index (Phi) is 7.01. The fraction of sp³-hybridized carbons (Fsp3) is 0.200. The van der Waals surface area contributed by atoms with E-state index in [1.165, 1.54) is 18.2 Å². The zero-order chi connectivity index (χ0) is 27.0. The third-order valence-electron chi connectivity index (χ3n) is 7.03. The molecule has 3 aromatic carbocycles. The van der Waals surface area contributed by atoms with Gasteiger partial charge in [0.25, 0.3) is 5.91 Å². The molecule has 0 bridgehead atoms. The standard InChI is InChI=1S/C30H24BrF3N2O2/c1-17-26(29(38)36-23-10-6-5-9-22(23)30(32,33)34)27(19-11-13-21(31)14-12-19)28-24(35-17)15-20(16-25(28)37)18-7-3-2-4-8-18/h2-14,20,27,35H,15-16H2,1H3,(H,36,38)/t20-,27+/m1/s1. The van der Waals surface area contributed by atoms with Crippen LogP contribution in [0.2, 0.25) is 0 Å². The van der Waals surface area contributed by atoms with E-state index in [1.807, 2.05) is 54.6 Å². The molecule has 1 aliphatic heterocycles. The molecule has 4 nitrogen and oxygen atoms in total. The predicted octanol–water partition coefficient (Wildman–Crippen LogP) is 7.47. The zero-order valence-electron chi connectivity index (χ0n) is 20.4. The highest BCUT2D eigenvalue weighted by Crippen LogP contribution is 2.46. The number of hydrogen-bond donors (Lipinski definition) is 2. The van der Waals surface area contributed by atoms with Gasteiger partial charge < -0.3 is 10.6 Å². The molecule has 0 fully saturated rings. The van der Waals surface area contributed by atoms with Gasteiger partial charge in [-0.1, -0.05) is 70.5 Å². The molecule has 194 valence electrons. The minimum Gasteiger partial charge on any atom is -0.362 e. The fourth-order valence-electron chi connectivity index (χ4n) is 5.32. The van der Waals surface area contributed by atoms with Gasteiger partial charge >= 0.3 is 6.18 Å². The summed E-state index contributed by atoms with van der Waals surface area (Å²) in [6, 6.07) is 22.0. The summed E-state index contributed by atoms with van der Waals surface area (Å²) in [7, 11) is 0. The number of alkyl halides is 3. The topological polar surface area (TPSA) is 58.2 Å². The zero-order valence-corrected chi connectivity index (χ0v) is 22.0. The fourth-order valence-corrected chi connectivity index (χ4v) is 5.58. The molecule has 0 saturated heterocycles. The van der Waals surface area contributed by atoms with E-state index in [0.717, 1.165) is 21.8 Å². The summed E-state index contributed by atoms with van der Waals surface area (Å²) in [5.41, 5.74) is 2.45. The number of rotatable bonds is 4. The summed E-state index contributed by atoms with van der Waals surface area (Å²) in [5.74, 6) is -1.51. The Morgan fingerprint density at radius 3 is 2.26 bits per heavy atom. The van der Waals surface area contributed by atoms with Gasteiger partial charge in [-0.05, 0) is 54.7 Å². The van der Waals surface area contributed by atoms with Crippen molar-refractivity contribution in [1.29, 1.82) is 0 Å². The molecule has 2 N–H and O–H groups in total. The number of para-hydroxylation sites is 1. The Hall–Kier alpha value is -3.65. The van der Waals surface area contributed by atoms with Crippen LogP contribution in [0.15, 0.2) is 106 Å². The molecule has 0 radical (unpaired) electrons. The maximum atomic E-state index is 13.7. The van der Waals surface area contributed by atoms with Gasteiger partial charge in [-0.25, -0.2) is 0 Å². The first kappa shape index (κ1) is 26.0. The third kappa shape index (κ3) is 5.05. The molecule has 0 unspecified atom stereocenters. The van der Waals surface area contributed by atoms with Crippen LogP contribution < -0.4 is 10.6 Å². The van der Waals surface area contributed by atoms with Gasteiger partial charge in [0.1, 0.15) is 0 Å². The first-order valence-electron chi connectivity index (χ1n) is 12.2. The highest BCUT2D eigenvalue weighted by molar-refractivity contribution is 9.10. The summed E-state index contributed by atoms with van der Waals surface area (Å²) in [4.78, 5) is 27.3. The molecule has 1 heterocycles. The molecule has 1 amide bonds. The smallest absolute Gasteiger partial charge is 0.362 e. The lowest BCUT2D eigenvalue weighted by Gasteiger charge is -2.37. The predicted molar refractivity (Wildman–Crippen MR) is 143 cm³/mol. The largest absolute Gasteiger partial charge is 0.418 e. The lowest BCUT2D eigenvalue weighted by Crippen LogP contribution is -2.37. The Morgan fingerprint density at radius 1 is 0.921 bits per heavy atom. The van der Waals surface area contributed by atoms with Gasteiger partial charge in [-0.3, -0.25) is 9.59 Å². The second kappa shape index (κ2) is 10.3. The molecular formula is C30H24BrF3N2O2. The van der Waals surface area contributed by atoms with Gasteiger partial charge in [0.05, 0.1) is 11.3 Å². The summed E-state index contributed by atoms with van der Waals surface area (Å²) in [5, 5.41) is 5.74. The van der Waals surface area contributed by atoms with E-state index >= 15 is 0 Å². The van der Waals surface area contributed by atoms with Crippen LogP contribution in [0, 0.1) is 0 Å². The van der Waals surface area contributed by atoms with E-state index in [0.29, 0.717) is 23.3 Å². The summed E-state index contributed by atoms with van der Waals surface area (Å²) >= 11 is 3.42. The molecule has 5 rings (SSSR count). The highest BCUT2D eigenvalue weighted by Gasteiger charge is 2.41. The summed E-state index contributed by atoms with van der Waals surface area (Å²) in [6.07, 6.45) is -3.77. The average molecular weight is 581 g/mol. The van der Waals surface area contributed by atoms with Crippen molar-refractivity contribution in [2.75, 3.05) is 5.32 Å². The van der Waals surface area contributed by atoms with Crippen molar-refractivity contribution < 1.29 is 22.8 Å². The van der Waals surface area contributed by atoms with Gasteiger partial charge in [0.15, 0.2) is 5.78 Å². The molecule has 2 aliphatic rings. The number of amides is 1. The number of anilines is 1. The number of allylic oxidation sites excluding steroid dienone is 3. The van der Waals surface area contributed by atoms with Crippen LogP contribution >= 0.6 is 15.9 Å². The molecule has 0 aromatic heterocycles. The monoisotopic (exact) mass is 580 g/mol. The van der Waals surface area contributed by atoms with Gasteiger partial charge in [-0.15, -0.1) is 0 Å². The van der Waals surface area contributed by atoms with Crippen molar-refractivity contribution in [3.63, 3.8) is 0 Å².